The van der Waals surface area contributed by atoms with Crippen LogP contribution in [-0.2, 0) is 0 Å². The second-order valence-corrected chi connectivity index (χ2v) is 17.8. The number of aromatic nitrogens is 2. The van der Waals surface area contributed by atoms with Crippen LogP contribution in [0.5, 0.6) is 0 Å². The minimum Gasteiger partial charge on any atom is -0.307 e. The van der Waals surface area contributed by atoms with Crippen LogP contribution in [0.15, 0.2) is 224 Å². The maximum atomic E-state index is 11.7. The summed E-state index contributed by atoms with van der Waals surface area (Å²) >= 11 is 1.75. The maximum absolute atomic E-state index is 11.7. The largest absolute Gasteiger partial charge is 0.307 e. The van der Waals surface area contributed by atoms with E-state index in [-0.39, 0.29) is 0 Å². The summed E-state index contributed by atoms with van der Waals surface area (Å²) in [7, 11) is 0. The van der Waals surface area contributed by atoms with Gasteiger partial charge in [-0.2, -0.15) is 5.26 Å². The molecule has 10 aromatic carbocycles. The van der Waals surface area contributed by atoms with Crippen molar-refractivity contribution in [2.24, 2.45) is 0 Å². The zero-order chi connectivity index (χ0) is 43.0. The lowest BCUT2D eigenvalue weighted by molar-refractivity contribution is 1.10. The Balaban J connectivity index is 1.19. The lowest BCUT2D eigenvalue weighted by atomic mass is 10.0. The maximum Gasteiger partial charge on any atom is 0.102 e. The minimum atomic E-state index is 0.657. The second-order valence-electron chi connectivity index (χ2n) is 16.8. The van der Waals surface area contributed by atoms with Crippen molar-refractivity contribution in [3.05, 3.63) is 230 Å². The zero-order valence-corrected chi connectivity index (χ0v) is 35.9. The molecule has 0 bridgehead atoms. The molecule has 0 aliphatic rings. The van der Waals surface area contributed by atoms with Crippen LogP contribution in [0.3, 0.4) is 0 Å². The molecule has 13 aromatic rings. The van der Waals surface area contributed by atoms with Crippen LogP contribution in [0.4, 0.5) is 0 Å². The second kappa shape index (κ2) is 14.8. The highest BCUT2D eigenvalue weighted by atomic mass is 32.1. The van der Waals surface area contributed by atoms with Gasteiger partial charge in [0.25, 0.3) is 0 Å². The summed E-state index contributed by atoms with van der Waals surface area (Å²) in [4.78, 5) is 0. The number of benzene rings is 10. The predicted molar refractivity (Wildman–Crippen MR) is 274 cm³/mol. The monoisotopic (exact) mass is 843 g/mol. The van der Waals surface area contributed by atoms with Crippen LogP contribution in [0, 0.1) is 11.3 Å². The normalized spacial score (nSPS) is 11.7. The summed E-state index contributed by atoms with van der Waals surface area (Å²) in [6, 6.07) is 83.5. The van der Waals surface area contributed by atoms with E-state index >= 15 is 0 Å². The van der Waals surface area contributed by atoms with Crippen molar-refractivity contribution in [2.45, 2.75) is 0 Å². The van der Waals surface area contributed by atoms with Gasteiger partial charge in [-0.1, -0.05) is 164 Å². The Labute approximate surface area is 379 Å². The molecule has 0 spiro atoms. The van der Waals surface area contributed by atoms with Crippen LogP contribution in [0.2, 0.25) is 0 Å². The fraction of sp³-hybridized carbons (Fsp3) is 0. The molecule has 302 valence electrons. The Hall–Kier alpha value is -8.49. The Morgan fingerprint density at radius 3 is 1.09 bits per heavy atom. The first-order valence-corrected chi connectivity index (χ1v) is 22.8. The van der Waals surface area contributed by atoms with Crippen molar-refractivity contribution in [1.82, 2.24) is 9.13 Å². The topological polar surface area (TPSA) is 33.6 Å². The molecule has 0 N–H and O–H groups in total. The van der Waals surface area contributed by atoms with E-state index < -0.39 is 0 Å². The quantitative estimate of drug-likeness (QED) is 0.164. The summed E-state index contributed by atoms with van der Waals surface area (Å²) < 4.78 is 7.04. The van der Waals surface area contributed by atoms with E-state index in [4.69, 9.17) is 0 Å². The molecule has 0 radical (unpaired) electrons. The van der Waals surface area contributed by atoms with Gasteiger partial charge in [-0.15, -0.1) is 11.3 Å². The van der Waals surface area contributed by atoms with E-state index in [1.54, 1.807) is 11.3 Å². The number of nitriles is 1. The number of nitrogens with zero attached hydrogens (tertiary/aromatic N) is 3. The Morgan fingerprint density at radius 2 is 0.692 bits per heavy atom. The number of fused-ring (bicyclic) bond motifs is 9. The molecule has 13 rings (SSSR count). The van der Waals surface area contributed by atoms with Crippen LogP contribution < -0.4 is 0 Å². The highest BCUT2D eigenvalue weighted by Crippen LogP contribution is 2.47. The molecular formula is C61H37N3S. The molecule has 0 saturated carbocycles. The molecule has 3 aromatic heterocycles. The van der Waals surface area contributed by atoms with E-state index in [9.17, 15) is 5.26 Å². The number of hydrogen-bond acceptors (Lipinski definition) is 2. The zero-order valence-electron chi connectivity index (χ0n) is 35.1. The number of rotatable bonds is 6. The molecule has 4 heteroatoms. The lowest BCUT2D eigenvalue weighted by Gasteiger charge is -2.19. The van der Waals surface area contributed by atoms with Crippen LogP contribution >= 0.6 is 11.3 Å². The summed E-state index contributed by atoms with van der Waals surface area (Å²) in [6.07, 6.45) is 0. The Morgan fingerprint density at radius 1 is 0.323 bits per heavy atom. The van der Waals surface area contributed by atoms with Crippen LogP contribution in [0.1, 0.15) is 5.56 Å². The fourth-order valence-electron chi connectivity index (χ4n) is 10.2. The SMILES string of the molecule is N#Cc1c(-n2c3ccc(-c4ccccc4)cc3c3cc(-c4ccccc4)ccc32)c(-n2c3ccc(-c4ccccc4)cc3c3cc(-c4ccccc4)ccc32)cc2sc3ccccc3c12. The average Bonchev–Trinajstić information content (AvgIpc) is 4.03. The molecule has 0 amide bonds. The molecule has 65 heavy (non-hydrogen) atoms. The summed E-state index contributed by atoms with van der Waals surface area (Å²) in [5.74, 6) is 0. The first-order chi connectivity index (χ1) is 32.2. The fourth-order valence-corrected chi connectivity index (χ4v) is 11.3. The highest BCUT2D eigenvalue weighted by Gasteiger charge is 2.26. The van der Waals surface area contributed by atoms with Crippen molar-refractivity contribution in [2.75, 3.05) is 0 Å². The van der Waals surface area contributed by atoms with Gasteiger partial charge in [0.1, 0.15) is 6.07 Å². The van der Waals surface area contributed by atoms with Crippen molar-refractivity contribution < 1.29 is 0 Å². The first kappa shape index (κ1) is 37.1. The predicted octanol–water partition coefficient (Wildman–Crippen LogP) is 16.8. The molecule has 0 aliphatic carbocycles. The van der Waals surface area contributed by atoms with Crippen molar-refractivity contribution in [3.63, 3.8) is 0 Å². The summed E-state index contributed by atoms with van der Waals surface area (Å²) in [6.45, 7) is 0. The van der Waals surface area contributed by atoms with Crippen LogP contribution in [0.25, 0.3) is 120 Å². The van der Waals surface area contributed by atoms with E-state index in [0.29, 0.717) is 5.56 Å². The van der Waals surface area contributed by atoms with Crippen molar-refractivity contribution in [3.8, 4) is 62.0 Å². The van der Waals surface area contributed by atoms with E-state index in [1.165, 1.54) is 11.1 Å². The third kappa shape index (κ3) is 5.87. The van der Waals surface area contributed by atoms with E-state index in [1.807, 2.05) is 0 Å². The van der Waals surface area contributed by atoms with Gasteiger partial charge in [0.05, 0.1) is 39.0 Å². The first-order valence-electron chi connectivity index (χ1n) is 22.0. The standard InChI is InChI=1S/C61H37N3S/c62-38-52-60-47-23-13-14-24-58(47)65-59(60)37-57(63-53-29-25-43(39-15-5-1-6-16-39)33-48(53)49-34-44(26-30-54(49)63)40-17-7-2-8-18-40)61(52)64-55-31-27-45(41-19-9-3-10-20-41)35-50(55)51-36-46(28-32-56(51)64)42-21-11-4-12-22-42/h1-37H. The van der Waals surface area contributed by atoms with Gasteiger partial charge in [-0.3, -0.25) is 0 Å². The molecule has 3 nitrogen and oxygen atoms in total. The van der Waals surface area contributed by atoms with Gasteiger partial charge in [-0.05, 0) is 105 Å². The van der Waals surface area contributed by atoms with Crippen molar-refractivity contribution >= 4 is 75.1 Å². The smallest absolute Gasteiger partial charge is 0.102 e. The third-order valence-corrected chi connectivity index (χ3v) is 14.3. The van der Waals surface area contributed by atoms with E-state index in [2.05, 4.69) is 240 Å². The van der Waals surface area contributed by atoms with Gasteiger partial charge < -0.3 is 9.13 Å². The Kier molecular flexibility index (Phi) is 8.46. The van der Waals surface area contributed by atoms with Gasteiger partial charge in [0.2, 0.25) is 0 Å². The molecule has 0 fully saturated rings. The molecule has 3 heterocycles. The van der Waals surface area contributed by atoms with Gasteiger partial charge in [0.15, 0.2) is 0 Å². The molecule has 0 atom stereocenters. The molecular weight excluding hydrogens is 807 g/mol. The van der Waals surface area contributed by atoms with E-state index in [0.717, 1.165) is 109 Å². The average molecular weight is 844 g/mol. The Bertz CT molecular complexity index is 3850. The third-order valence-electron chi connectivity index (χ3n) is 13.2. The summed E-state index contributed by atoms with van der Waals surface area (Å²) in [5.41, 5.74) is 16.0. The van der Waals surface area contributed by atoms with Gasteiger partial charge in [0, 0.05) is 41.7 Å². The molecule has 0 unspecified atom stereocenters. The lowest BCUT2D eigenvalue weighted by Crippen LogP contribution is -2.06. The molecule has 0 aliphatic heterocycles. The highest BCUT2D eigenvalue weighted by molar-refractivity contribution is 7.25. The van der Waals surface area contributed by atoms with Gasteiger partial charge in [-0.25, -0.2) is 0 Å². The van der Waals surface area contributed by atoms with Crippen LogP contribution in [-0.4, -0.2) is 9.13 Å². The minimum absolute atomic E-state index is 0.657. The van der Waals surface area contributed by atoms with Gasteiger partial charge >= 0.3 is 0 Å². The van der Waals surface area contributed by atoms with Crippen molar-refractivity contribution in [1.29, 1.82) is 5.26 Å². The number of thiophene rings is 1. The summed E-state index contributed by atoms with van der Waals surface area (Å²) in [5, 5.41) is 18.4. The molecule has 0 saturated heterocycles. The number of hydrogen-bond donors (Lipinski definition) is 0.